The Hall–Kier alpha value is -3.20. The molecular formula is C26H34FN5O3. The van der Waals surface area contributed by atoms with Crippen LogP contribution in [0.3, 0.4) is 0 Å². The Kier molecular flexibility index (Phi) is 7.25. The molecule has 2 aliphatic heterocycles. The van der Waals surface area contributed by atoms with E-state index in [1.54, 1.807) is 12.1 Å². The van der Waals surface area contributed by atoms with E-state index in [1.165, 1.54) is 17.0 Å². The molecule has 0 radical (unpaired) electrons. The molecule has 1 aromatic heterocycles. The summed E-state index contributed by atoms with van der Waals surface area (Å²) in [7, 11) is 5.70. The van der Waals surface area contributed by atoms with Crippen molar-refractivity contribution in [2.24, 2.45) is 13.0 Å². The van der Waals surface area contributed by atoms with Crippen LogP contribution >= 0.6 is 0 Å². The molecule has 188 valence electrons. The van der Waals surface area contributed by atoms with Crippen LogP contribution in [0.4, 0.5) is 9.18 Å². The van der Waals surface area contributed by atoms with Gasteiger partial charge < -0.3 is 19.7 Å². The first-order chi connectivity index (χ1) is 16.7. The van der Waals surface area contributed by atoms with Crippen LogP contribution in [0.1, 0.15) is 24.0 Å². The summed E-state index contributed by atoms with van der Waals surface area (Å²) in [6, 6.07) is 7.72. The van der Waals surface area contributed by atoms with Crippen molar-refractivity contribution in [3.05, 3.63) is 59.7 Å². The molecule has 2 aromatic rings. The van der Waals surface area contributed by atoms with Gasteiger partial charge in [0.05, 0.1) is 6.42 Å². The largest absolute Gasteiger partial charge is 0.357 e. The maximum atomic E-state index is 14.0. The smallest absolute Gasteiger partial charge is 0.325 e. The number of aromatic nitrogens is 1. The van der Waals surface area contributed by atoms with Crippen molar-refractivity contribution in [3.63, 3.8) is 0 Å². The molecule has 0 aliphatic carbocycles. The van der Waals surface area contributed by atoms with E-state index < -0.39 is 11.6 Å². The molecule has 35 heavy (non-hydrogen) atoms. The van der Waals surface area contributed by atoms with E-state index in [2.05, 4.69) is 5.32 Å². The molecule has 1 atom stereocenters. The first-order valence-corrected chi connectivity index (χ1v) is 12.1. The zero-order valence-corrected chi connectivity index (χ0v) is 20.7. The van der Waals surface area contributed by atoms with Gasteiger partial charge in [0, 0.05) is 52.0 Å². The van der Waals surface area contributed by atoms with Crippen LogP contribution in [0.2, 0.25) is 0 Å². The summed E-state index contributed by atoms with van der Waals surface area (Å²) in [6.07, 6.45) is 5.59. The molecule has 2 saturated heterocycles. The average Bonchev–Trinajstić information content (AvgIpc) is 3.32. The summed E-state index contributed by atoms with van der Waals surface area (Å²) < 4.78 is 15.9. The Morgan fingerprint density at radius 3 is 2.54 bits per heavy atom. The minimum Gasteiger partial charge on any atom is -0.357 e. The Labute approximate surface area is 205 Å². The van der Waals surface area contributed by atoms with E-state index in [1.807, 2.05) is 54.0 Å². The number of hydrogen-bond donors (Lipinski definition) is 1. The number of urea groups is 1. The SMILES string of the molecule is CN(C)CCN1C(=O)N[C@](Cc2cccc(F)c2)(C2CCN(C(=O)Cc3ccn(C)c3)CC2)C1=O. The van der Waals surface area contributed by atoms with Crippen LogP contribution in [0.15, 0.2) is 42.7 Å². The lowest BCUT2D eigenvalue weighted by Gasteiger charge is -2.41. The van der Waals surface area contributed by atoms with Gasteiger partial charge in [-0.15, -0.1) is 0 Å². The van der Waals surface area contributed by atoms with E-state index >= 15 is 0 Å². The minimum atomic E-state index is -1.15. The van der Waals surface area contributed by atoms with Gasteiger partial charge in [-0.25, -0.2) is 9.18 Å². The maximum Gasteiger partial charge on any atom is 0.325 e. The number of nitrogens with one attached hydrogen (secondary N) is 1. The molecule has 9 heteroatoms. The lowest BCUT2D eigenvalue weighted by molar-refractivity contribution is -0.135. The lowest BCUT2D eigenvalue weighted by Crippen LogP contribution is -2.58. The number of benzene rings is 1. The number of carbonyl (C=O) groups excluding carboxylic acids is 3. The van der Waals surface area contributed by atoms with Gasteiger partial charge in [-0.05, 0) is 62.2 Å². The average molecular weight is 484 g/mol. The summed E-state index contributed by atoms with van der Waals surface area (Å²) >= 11 is 0. The predicted molar refractivity (Wildman–Crippen MR) is 130 cm³/mol. The molecule has 0 bridgehead atoms. The number of rotatable bonds is 8. The Balaban J connectivity index is 1.51. The van der Waals surface area contributed by atoms with E-state index in [-0.39, 0.29) is 36.5 Å². The van der Waals surface area contributed by atoms with Crippen molar-refractivity contribution >= 4 is 17.8 Å². The molecule has 2 aliphatic rings. The topological polar surface area (TPSA) is 77.9 Å². The quantitative estimate of drug-likeness (QED) is 0.583. The van der Waals surface area contributed by atoms with Crippen LogP contribution in [0.5, 0.6) is 0 Å². The molecule has 0 saturated carbocycles. The second-order valence-electron chi connectivity index (χ2n) is 9.99. The third-order valence-electron chi connectivity index (χ3n) is 7.14. The number of nitrogens with zero attached hydrogens (tertiary/aromatic N) is 4. The fourth-order valence-electron chi connectivity index (χ4n) is 5.23. The van der Waals surface area contributed by atoms with Crippen LogP contribution in [0, 0.1) is 11.7 Å². The van der Waals surface area contributed by atoms with Crippen molar-refractivity contribution in [3.8, 4) is 0 Å². The van der Waals surface area contributed by atoms with Crippen molar-refractivity contribution in [2.75, 3.05) is 40.3 Å². The molecule has 3 heterocycles. The molecule has 1 aromatic carbocycles. The Morgan fingerprint density at radius 1 is 1.17 bits per heavy atom. The fraction of sp³-hybridized carbons (Fsp3) is 0.500. The number of halogens is 1. The van der Waals surface area contributed by atoms with Crippen LogP contribution < -0.4 is 5.32 Å². The second kappa shape index (κ2) is 10.2. The number of piperidine rings is 1. The first kappa shape index (κ1) is 24.9. The van der Waals surface area contributed by atoms with E-state index in [9.17, 15) is 18.8 Å². The highest BCUT2D eigenvalue weighted by molar-refractivity contribution is 6.07. The second-order valence-corrected chi connectivity index (χ2v) is 9.99. The van der Waals surface area contributed by atoms with E-state index in [4.69, 9.17) is 0 Å². The fourth-order valence-corrected chi connectivity index (χ4v) is 5.23. The summed E-state index contributed by atoms with van der Waals surface area (Å²) in [5.74, 6) is -0.738. The van der Waals surface area contributed by atoms with Gasteiger partial charge in [0.25, 0.3) is 5.91 Å². The molecule has 4 amide bonds. The number of hydrogen-bond acceptors (Lipinski definition) is 4. The van der Waals surface area contributed by atoms with Crippen LogP contribution in [-0.2, 0) is 29.5 Å². The minimum absolute atomic E-state index is 0.0585. The zero-order valence-electron chi connectivity index (χ0n) is 20.7. The number of aryl methyl sites for hydroxylation is 1. The highest BCUT2D eigenvalue weighted by atomic mass is 19.1. The summed E-state index contributed by atoms with van der Waals surface area (Å²) in [4.78, 5) is 44.6. The van der Waals surface area contributed by atoms with Crippen molar-refractivity contribution in [2.45, 2.75) is 31.2 Å². The number of likely N-dealkylation sites (tertiary alicyclic amines) is 1. The summed E-state index contributed by atoms with van der Waals surface area (Å²) in [5, 5.41) is 3.01. The maximum absolute atomic E-state index is 14.0. The van der Waals surface area contributed by atoms with Gasteiger partial charge in [-0.3, -0.25) is 14.5 Å². The number of carbonyl (C=O) groups is 3. The zero-order chi connectivity index (χ0) is 25.2. The summed E-state index contributed by atoms with van der Waals surface area (Å²) in [5.41, 5.74) is 0.485. The van der Waals surface area contributed by atoms with Crippen molar-refractivity contribution < 1.29 is 18.8 Å². The highest BCUT2D eigenvalue weighted by Gasteiger charge is 2.55. The van der Waals surface area contributed by atoms with Crippen LogP contribution in [-0.4, -0.2) is 82.9 Å². The van der Waals surface area contributed by atoms with Gasteiger partial charge in [0.1, 0.15) is 11.4 Å². The standard InChI is InChI=1S/C26H34FN5O3/c1-29(2)13-14-32-24(34)26(28-25(32)35,17-19-5-4-6-22(27)15-19)21-8-11-31(12-9-21)23(33)16-20-7-10-30(3)18-20/h4-7,10,15,18,21H,8-9,11-14,16-17H2,1-3H3,(H,28,35)/t26-/m1/s1. The monoisotopic (exact) mass is 483 g/mol. The number of imide groups is 1. The van der Waals surface area contributed by atoms with Crippen molar-refractivity contribution in [1.29, 1.82) is 0 Å². The van der Waals surface area contributed by atoms with Gasteiger partial charge in [0.2, 0.25) is 5.91 Å². The molecule has 2 fully saturated rings. The van der Waals surface area contributed by atoms with Crippen molar-refractivity contribution in [1.82, 2.24) is 24.6 Å². The first-order valence-electron chi connectivity index (χ1n) is 12.1. The van der Waals surface area contributed by atoms with Gasteiger partial charge in [-0.1, -0.05) is 12.1 Å². The lowest BCUT2D eigenvalue weighted by atomic mass is 9.74. The highest BCUT2D eigenvalue weighted by Crippen LogP contribution is 2.36. The normalized spacial score (nSPS) is 21.2. The summed E-state index contributed by atoms with van der Waals surface area (Å²) in [6.45, 7) is 1.88. The van der Waals surface area contributed by atoms with Gasteiger partial charge >= 0.3 is 6.03 Å². The Bertz CT molecular complexity index is 1090. The Morgan fingerprint density at radius 2 is 1.91 bits per heavy atom. The molecule has 8 nitrogen and oxygen atoms in total. The molecule has 0 unspecified atom stereocenters. The molecule has 0 spiro atoms. The van der Waals surface area contributed by atoms with Gasteiger partial charge in [0.15, 0.2) is 0 Å². The van der Waals surface area contributed by atoms with E-state index in [0.29, 0.717) is 44.5 Å². The number of likely N-dealkylation sites (N-methyl/N-ethyl adjacent to an activating group) is 1. The third-order valence-corrected chi connectivity index (χ3v) is 7.14. The third kappa shape index (κ3) is 5.40. The molecular weight excluding hydrogens is 449 g/mol. The van der Waals surface area contributed by atoms with E-state index in [0.717, 1.165) is 5.56 Å². The van der Waals surface area contributed by atoms with Gasteiger partial charge in [-0.2, -0.15) is 0 Å². The predicted octanol–water partition coefficient (Wildman–Crippen LogP) is 2.04. The van der Waals surface area contributed by atoms with Crippen LogP contribution in [0.25, 0.3) is 0 Å². The molecule has 1 N–H and O–H groups in total. The number of amides is 4. The molecule has 4 rings (SSSR count).